The Labute approximate surface area is 115 Å². The highest BCUT2D eigenvalue weighted by Crippen LogP contribution is 2.29. The molecule has 0 bridgehead atoms. The number of hydrogen-bond acceptors (Lipinski definition) is 3. The molecule has 1 saturated carbocycles. The van der Waals surface area contributed by atoms with E-state index in [-0.39, 0.29) is 11.9 Å². The van der Waals surface area contributed by atoms with Crippen molar-refractivity contribution in [3.63, 3.8) is 0 Å². The van der Waals surface area contributed by atoms with Crippen LogP contribution >= 0.6 is 0 Å². The second-order valence-electron chi connectivity index (χ2n) is 5.30. The van der Waals surface area contributed by atoms with Gasteiger partial charge in [0.2, 0.25) is 5.91 Å². The minimum Gasteiger partial charge on any atom is -0.334 e. The number of carbonyl (C=O) groups excluding carboxylic acids is 1. The molecule has 0 aromatic carbocycles. The number of hydrogen-bond donors (Lipinski definition) is 1. The molecule has 1 aromatic rings. The van der Waals surface area contributed by atoms with Gasteiger partial charge in [0.15, 0.2) is 0 Å². The standard InChI is InChI=1S/C15H23N3O/c1-2-3-4-14(16)15(19)18(13-5-6-13)11-12-7-9-17-10-8-12/h7-10,13-14H,2-6,11,16H2,1H3/t14-/m0/s1. The van der Waals surface area contributed by atoms with Crippen LogP contribution in [0.1, 0.15) is 44.6 Å². The molecule has 2 rings (SSSR count). The second kappa shape index (κ2) is 6.66. The van der Waals surface area contributed by atoms with E-state index in [4.69, 9.17) is 5.73 Å². The molecule has 0 saturated heterocycles. The maximum atomic E-state index is 12.4. The van der Waals surface area contributed by atoms with Gasteiger partial charge in [0.1, 0.15) is 0 Å². The van der Waals surface area contributed by atoms with E-state index < -0.39 is 0 Å². The van der Waals surface area contributed by atoms with Gasteiger partial charge >= 0.3 is 0 Å². The van der Waals surface area contributed by atoms with Crippen molar-refractivity contribution in [3.05, 3.63) is 30.1 Å². The average Bonchev–Trinajstić information content (AvgIpc) is 3.27. The first-order chi connectivity index (χ1) is 9.22. The van der Waals surface area contributed by atoms with E-state index in [0.29, 0.717) is 12.6 Å². The number of aromatic nitrogens is 1. The van der Waals surface area contributed by atoms with Gasteiger partial charge in [-0.3, -0.25) is 9.78 Å². The third-order valence-electron chi connectivity index (χ3n) is 3.56. The van der Waals surface area contributed by atoms with E-state index in [0.717, 1.165) is 37.7 Å². The molecule has 0 radical (unpaired) electrons. The van der Waals surface area contributed by atoms with E-state index >= 15 is 0 Å². The van der Waals surface area contributed by atoms with Crippen LogP contribution in [-0.4, -0.2) is 27.9 Å². The van der Waals surface area contributed by atoms with Crippen LogP contribution in [-0.2, 0) is 11.3 Å². The molecular formula is C15H23N3O. The lowest BCUT2D eigenvalue weighted by molar-refractivity contribution is -0.134. The van der Waals surface area contributed by atoms with Crippen LogP contribution in [0.5, 0.6) is 0 Å². The Hall–Kier alpha value is -1.42. The minimum absolute atomic E-state index is 0.104. The molecule has 1 fully saturated rings. The van der Waals surface area contributed by atoms with Crippen molar-refractivity contribution in [2.45, 2.75) is 57.7 Å². The van der Waals surface area contributed by atoms with Crippen LogP contribution in [0.3, 0.4) is 0 Å². The summed E-state index contributed by atoms with van der Waals surface area (Å²) in [6.07, 6.45) is 8.63. The average molecular weight is 261 g/mol. The Morgan fingerprint density at radius 1 is 1.47 bits per heavy atom. The molecule has 0 aliphatic heterocycles. The van der Waals surface area contributed by atoms with Crippen molar-refractivity contribution in [3.8, 4) is 0 Å². The summed E-state index contributed by atoms with van der Waals surface area (Å²) in [7, 11) is 0. The molecule has 1 atom stereocenters. The van der Waals surface area contributed by atoms with Gasteiger partial charge in [0.05, 0.1) is 6.04 Å². The van der Waals surface area contributed by atoms with E-state index in [9.17, 15) is 4.79 Å². The Morgan fingerprint density at radius 2 is 2.16 bits per heavy atom. The Kier molecular flexibility index (Phi) is 4.91. The molecule has 1 amide bonds. The number of nitrogens with zero attached hydrogens (tertiary/aromatic N) is 2. The van der Waals surface area contributed by atoms with E-state index in [1.807, 2.05) is 17.0 Å². The fourth-order valence-corrected chi connectivity index (χ4v) is 2.22. The van der Waals surface area contributed by atoms with Gasteiger partial charge in [-0.25, -0.2) is 0 Å². The van der Waals surface area contributed by atoms with E-state index in [1.54, 1.807) is 12.4 Å². The third kappa shape index (κ3) is 4.03. The minimum atomic E-state index is -0.345. The zero-order valence-electron chi connectivity index (χ0n) is 11.6. The zero-order chi connectivity index (χ0) is 13.7. The molecule has 1 aliphatic rings. The van der Waals surface area contributed by atoms with Crippen molar-refractivity contribution < 1.29 is 4.79 Å². The number of amides is 1. The van der Waals surface area contributed by atoms with E-state index in [2.05, 4.69) is 11.9 Å². The van der Waals surface area contributed by atoms with Crippen molar-refractivity contribution in [1.82, 2.24) is 9.88 Å². The molecule has 1 heterocycles. The molecule has 104 valence electrons. The van der Waals surface area contributed by atoms with E-state index in [1.165, 1.54) is 0 Å². The summed E-state index contributed by atoms with van der Waals surface area (Å²) in [5.74, 6) is 0.104. The van der Waals surface area contributed by atoms with Crippen molar-refractivity contribution >= 4 is 5.91 Å². The van der Waals surface area contributed by atoms with Gasteiger partial charge in [-0.15, -0.1) is 0 Å². The summed E-state index contributed by atoms with van der Waals surface area (Å²) >= 11 is 0. The lowest BCUT2D eigenvalue weighted by Gasteiger charge is -2.25. The van der Waals surface area contributed by atoms with Gasteiger partial charge in [-0.2, -0.15) is 0 Å². The molecule has 0 spiro atoms. The first-order valence-corrected chi connectivity index (χ1v) is 7.17. The van der Waals surface area contributed by atoms with Crippen LogP contribution in [0.2, 0.25) is 0 Å². The lowest BCUT2D eigenvalue weighted by atomic mass is 10.1. The normalized spacial score (nSPS) is 16.1. The molecule has 1 aliphatic carbocycles. The van der Waals surface area contributed by atoms with Crippen LogP contribution in [0.25, 0.3) is 0 Å². The summed E-state index contributed by atoms with van der Waals surface area (Å²) in [5.41, 5.74) is 7.14. The molecule has 4 heteroatoms. The molecule has 2 N–H and O–H groups in total. The third-order valence-corrected chi connectivity index (χ3v) is 3.56. The number of unbranched alkanes of at least 4 members (excludes halogenated alkanes) is 1. The van der Waals surface area contributed by atoms with Gasteiger partial charge in [0.25, 0.3) is 0 Å². The zero-order valence-corrected chi connectivity index (χ0v) is 11.6. The Morgan fingerprint density at radius 3 is 2.74 bits per heavy atom. The maximum absolute atomic E-state index is 12.4. The highest BCUT2D eigenvalue weighted by molar-refractivity contribution is 5.82. The number of carbonyl (C=O) groups is 1. The summed E-state index contributed by atoms with van der Waals surface area (Å²) < 4.78 is 0. The predicted octanol–water partition coefficient (Wildman–Crippen LogP) is 2.09. The second-order valence-corrected chi connectivity index (χ2v) is 5.30. The topological polar surface area (TPSA) is 59.2 Å². The highest BCUT2D eigenvalue weighted by Gasteiger charge is 2.34. The molecule has 19 heavy (non-hydrogen) atoms. The summed E-state index contributed by atoms with van der Waals surface area (Å²) in [4.78, 5) is 18.4. The molecule has 0 unspecified atom stereocenters. The number of rotatable bonds is 7. The Bertz CT molecular complexity index is 403. The van der Waals surface area contributed by atoms with Crippen LogP contribution < -0.4 is 5.73 Å². The highest BCUT2D eigenvalue weighted by atomic mass is 16.2. The first kappa shape index (κ1) is 14.0. The lowest BCUT2D eigenvalue weighted by Crippen LogP contribution is -2.44. The number of pyridine rings is 1. The van der Waals surface area contributed by atoms with Gasteiger partial charge in [-0.1, -0.05) is 19.8 Å². The van der Waals surface area contributed by atoms with Gasteiger partial charge in [-0.05, 0) is 37.0 Å². The van der Waals surface area contributed by atoms with Crippen LogP contribution in [0.4, 0.5) is 0 Å². The SMILES string of the molecule is CCCC[C@H](N)C(=O)N(Cc1ccncc1)C1CC1. The van der Waals surface area contributed by atoms with Crippen LogP contribution in [0, 0.1) is 0 Å². The molecule has 4 nitrogen and oxygen atoms in total. The summed E-state index contributed by atoms with van der Waals surface area (Å²) in [5, 5.41) is 0. The largest absolute Gasteiger partial charge is 0.334 e. The van der Waals surface area contributed by atoms with Crippen LogP contribution in [0.15, 0.2) is 24.5 Å². The molecular weight excluding hydrogens is 238 g/mol. The Balaban J connectivity index is 1.97. The van der Waals surface area contributed by atoms with Crippen molar-refractivity contribution in [2.75, 3.05) is 0 Å². The first-order valence-electron chi connectivity index (χ1n) is 7.17. The van der Waals surface area contributed by atoms with Crippen molar-refractivity contribution in [2.24, 2.45) is 5.73 Å². The quantitative estimate of drug-likeness (QED) is 0.817. The number of nitrogens with two attached hydrogens (primary N) is 1. The van der Waals surface area contributed by atoms with Gasteiger partial charge < -0.3 is 10.6 Å². The molecule has 1 aromatic heterocycles. The van der Waals surface area contributed by atoms with Crippen molar-refractivity contribution in [1.29, 1.82) is 0 Å². The smallest absolute Gasteiger partial charge is 0.240 e. The predicted molar refractivity (Wildman–Crippen MR) is 75.3 cm³/mol. The van der Waals surface area contributed by atoms with Gasteiger partial charge in [0, 0.05) is 25.0 Å². The fourth-order valence-electron chi connectivity index (χ4n) is 2.22. The maximum Gasteiger partial charge on any atom is 0.240 e. The summed E-state index contributed by atoms with van der Waals surface area (Å²) in [6.45, 7) is 2.78. The summed E-state index contributed by atoms with van der Waals surface area (Å²) in [6, 6.07) is 3.97. The fraction of sp³-hybridized carbons (Fsp3) is 0.600. The monoisotopic (exact) mass is 261 g/mol.